The Morgan fingerprint density at radius 3 is 2.54 bits per heavy atom. The predicted molar refractivity (Wildman–Crippen MR) is 101 cm³/mol. The van der Waals surface area contributed by atoms with Crippen molar-refractivity contribution in [3.63, 3.8) is 0 Å². The highest BCUT2D eigenvalue weighted by Crippen LogP contribution is 2.24. The van der Waals surface area contributed by atoms with E-state index in [2.05, 4.69) is 9.71 Å². The molecule has 0 atom stereocenters. The number of nitrogens with zero attached hydrogens (tertiary/aromatic N) is 1. The lowest BCUT2D eigenvalue weighted by Crippen LogP contribution is -2.23. The monoisotopic (exact) mass is 400 g/mol. The first kappa shape index (κ1) is 19.7. The molecule has 0 amide bonds. The summed E-state index contributed by atoms with van der Waals surface area (Å²) in [5, 5.41) is 0. The first-order valence-corrected chi connectivity index (χ1v) is 9.81. The third kappa shape index (κ3) is 4.79. The Labute approximate surface area is 162 Å². The summed E-state index contributed by atoms with van der Waals surface area (Å²) >= 11 is 0. The van der Waals surface area contributed by atoms with Gasteiger partial charge in [0.1, 0.15) is 11.6 Å². The van der Waals surface area contributed by atoms with Crippen molar-refractivity contribution in [2.45, 2.75) is 18.4 Å². The SMILES string of the molecule is CC(=O)c1ccc(S(=O)(=O)NCc2cccnc2Oc2cccc(F)c2)cc1. The van der Waals surface area contributed by atoms with Crippen LogP contribution in [0, 0.1) is 5.82 Å². The summed E-state index contributed by atoms with van der Waals surface area (Å²) in [6.45, 7) is 1.33. The Kier molecular flexibility index (Phi) is 5.81. The summed E-state index contributed by atoms with van der Waals surface area (Å²) in [5.74, 6) is -0.179. The molecule has 0 saturated carbocycles. The standard InChI is InChI=1S/C20H17FN2O4S/c1-14(24)15-7-9-19(10-8-15)28(25,26)23-13-16-4-3-11-22-20(16)27-18-6-2-5-17(21)12-18/h2-12,23H,13H2,1H3. The minimum atomic E-state index is -3.80. The van der Waals surface area contributed by atoms with Gasteiger partial charge in [0, 0.05) is 29.9 Å². The normalized spacial score (nSPS) is 11.2. The Morgan fingerprint density at radius 1 is 1.11 bits per heavy atom. The highest BCUT2D eigenvalue weighted by atomic mass is 32.2. The number of carbonyl (C=O) groups excluding carboxylic acids is 1. The second kappa shape index (κ2) is 8.28. The van der Waals surface area contributed by atoms with Crippen LogP contribution in [-0.4, -0.2) is 19.2 Å². The number of hydrogen-bond acceptors (Lipinski definition) is 5. The van der Waals surface area contributed by atoms with E-state index in [1.807, 2.05) is 0 Å². The van der Waals surface area contributed by atoms with Gasteiger partial charge in [0.05, 0.1) is 4.90 Å². The fourth-order valence-electron chi connectivity index (χ4n) is 2.42. The number of nitrogens with one attached hydrogen (secondary N) is 1. The summed E-state index contributed by atoms with van der Waals surface area (Å²) in [4.78, 5) is 15.4. The number of hydrogen-bond donors (Lipinski definition) is 1. The van der Waals surface area contributed by atoms with Gasteiger partial charge >= 0.3 is 0 Å². The van der Waals surface area contributed by atoms with E-state index in [-0.39, 0.29) is 28.9 Å². The Bertz CT molecular complexity index is 1100. The van der Waals surface area contributed by atoms with E-state index < -0.39 is 15.8 Å². The third-order valence-electron chi connectivity index (χ3n) is 3.88. The van der Waals surface area contributed by atoms with E-state index in [4.69, 9.17) is 4.74 Å². The van der Waals surface area contributed by atoms with Gasteiger partial charge in [-0.05, 0) is 37.3 Å². The number of benzene rings is 2. The zero-order chi connectivity index (χ0) is 20.1. The van der Waals surface area contributed by atoms with E-state index in [0.717, 1.165) is 0 Å². The highest BCUT2D eigenvalue weighted by Gasteiger charge is 2.16. The topological polar surface area (TPSA) is 85.4 Å². The minimum Gasteiger partial charge on any atom is -0.439 e. The summed E-state index contributed by atoms with van der Waals surface area (Å²) < 4.78 is 46.4. The van der Waals surface area contributed by atoms with Crippen molar-refractivity contribution in [1.82, 2.24) is 9.71 Å². The first-order chi connectivity index (χ1) is 13.3. The second-order valence-electron chi connectivity index (χ2n) is 5.93. The molecule has 0 aliphatic carbocycles. The molecule has 144 valence electrons. The number of pyridine rings is 1. The van der Waals surface area contributed by atoms with Crippen molar-refractivity contribution >= 4 is 15.8 Å². The summed E-state index contributed by atoms with van der Waals surface area (Å²) in [6, 6.07) is 14.5. The van der Waals surface area contributed by atoms with Crippen molar-refractivity contribution < 1.29 is 22.3 Å². The number of carbonyl (C=O) groups is 1. The number of Topliss-reactive ketones (excluding diaryl/α,β-unsaturated/α-hetero) is 1. The summed E-state index contributed by atoms with van der Waals surface area (Å²) in [7, 11) is -3.80. The molecule has 0 radical (unpaired) electrons. The molecule has 1 aromatic heterocycles. The van der Waals surface area contributed by atoms with Crippen molar-refractivity contribution in [2.75, 3.05) is 0 Å². The number of sulfonamides is 1. The lowest BCUT2D eigenvalue weighted by atomic mass is 10.2. The smallest absolute Gasteiger partial charge is 0.240 e. The van der Waals surface area contributed by atoms with Crippen LogP contribution in [0.3, 0.4) is 0 Å². The van der Waals surface area contributed by atoms with Crippen LogP contribution in [0.2, 0.25) is 0 Å². The maximum Gasteiger partial charge on any atom is 0.240 e. The zero-order valence-corrected chi connectivity index (χ0v) is 15.7. The highest BCUT2D eigenvalue weighted by molar-refractivity contribution is 7.89. The molecule has 3 aromatic rings. The molecule has 8 heteroatoms. The fraction of sp³-hybridized carbons (Fsp3) is 0.100. The van der Waals surface area contributed by atoms with Crippen LogP contribution in [0.5, 0.6) is 11.6 Å². The molecule has 0 spiro atoms. The number of halogens is 1. The third-order valence-corrected chi connectivity index (χ3v) is 5.30. The van der Waals surface area contributed by atoms with Crippen LogP contribution in [0.15, 0.2) is 71.8 Å². The van der Waals surface area contributed by atoms with Crippen LogP contribution >= 0.6 is 0 Å². The van der Waals surface area contributed by atoms with E-state index in [9.17, 15) is 17.6 Å². The molecule has 3 rings (SSSR count). The number of aromatic nitrogens is 1. The van der Waals surface area contributed by atoms with Crippen molar-refractivity contribution in [1.29, 1.82) is 0 Å². The molecule has 0 aliphatic heterocycles. The van der Waals surface area contributed by atoms with Crippen molar-refractivity contribution in [2.24, 2.45) is 0 Å². The van der Waals surface area contributed by atoms with Crippen LogP contribution in [0.1, 0.15) is 22.8 Å². The van der Waals surface area contributed by atoms with Crippen LogP contribution in [0.25, 0.3) is 0 Å². The summed E-state index contributed by atoms with van der Waals surface area (Å²) in [6.07, 6.45) is 1.49. The molecule has 1 N–H and O–H groups in total. The van der Waals surface area contributed by atoms with Crippen molar-refractivity contribution in [3.05, 3.63) is 83.8 Å². The maximum atomic E-state index is 13.3. The molecule has 1 heterocycles. The van der Waals surface area contributed by atoms with Crippen molar-refractivity contribution in [3.8, 4) is 11.6 Å². The Balaban J connectivity index is 1.76. The molecule has 2 aromatic carbocycles. The second-order valence-corrected chi connectivity index (χ2v) is 7.70. The van der Waals surface area contributed by atoms with Gasteiger partial charge in [0.2, 0.25) is 15.9 Å². The lowest BCUT2D eigenvalue weighted by molar-refractivity contribution is 0.101. The van der Waals surface area contributed by atoms with Gasteiger partial charge in [-0.2, -0.15) is 0 Å². The first-order valence-electron chi connectivity index (χ1n) is 8.33. The molecule has 0 unspecified atom stereocenters. The quantitative estimate of drug-likeness (QED) is 0.612. The molecule has 0 aliphatic rings. The van der Waals surface area contributed by atoms with Gasteiger partial charge in [-0.3, -0.25) is 4.79 Å². The largest absolute Gasteiger partial charge is 0.439 e. The Morgan fingerprint density at radius 2 is 1.86 bits per heavy atom. The fourth-order valence-corrected chi connectivity index (χ4v) is 3.42. The van der Waals surface area contributed by atoms with Gasteiger partial charge in [0.25, 0.3) is 0 Å². The van der Waals surface area contributed by atoms with Gasteiger partial charge in [-0.15, -0.1) is 0 Å². The van der Waals surface area contributed by atoms with E-state index in [1.165, 1.54) is 55.6 Å². The van der Waals surface area contributed by atoms with Crippen LogP contribution in [-0.2, 0) is 16.6 Å². The Hall–Kier alpha value is -3.10. The molecular weight excluding hydrogens is 383 g/mol. The van der Waals surface area contributed by atoms with Gasteiger partial charge in [-0.25, -0.2) is 22.5 Å². The predicted octanol–water partition coefficient (Wildman–Crippen LogP) is 3.69. The molecular formula is C20H17FN2O4S. The van der Waals surface area contributed by atoms with E-state index >= 15 is 0 Å². The van der Waals surface area contributed by atoms with Crippen LogP contribution < -0.4 is 9.46 Å². The van der Waals surface area contributed by atoms with Gasteiger partial charge < -0.3 is 4.74 Å². The number of ketones is 1. The molecule has 6 nitrogen and oxygen atoms in total. The molecule has 0 bridgehead atoms. The van der Waals surface area contributed by atoms with E-state index in [0.29, 0.717) is 11.1 Å². The minimum absolute atomic E-state index is 0.0361. The van der Waals surface area contributed by atoms with Crippen LogP contribution in [0.4, 0.5) is 4.39 Å². The number of rotatable bonds is 7. The zero-order valence-electron chi connectivity index (χ0n) is 14.9. The van der Waals surface area contributed by atoms with Gasteiger partial charge in [0.15, 0.2) is 5.78 Å². The van der Waals surface area contributed by atoms with Gasteiger partial charge in [-0.1, -0.05) is 24.3 Å². The molecule has 0 saturated heterocycles. The maximum absolute atomic E-state index is 13.3. The van der Waals surface area contributed by atoms with E-state index in [1.54, 1.807) is 18.2 Å². The molecule has 0 fully saturated rings. The number of ether oxygens (including phenoxy) is 1. The lowest BCUT2D eigenvalue weighted by Gasteiger charge is -2.11. The average Bonchev–Trinajstić information content (AvgIpc) is 2.67. The average molecular weight is 400 g/mol. The molecule has 28 heavy (non-hydrogen) atoms. The summed E-state index contributed by atoms with van der Waals surface area (Å²) in [5.41, 5.74) is 0.910.